The normalized spacial score (nSPS) is 12.8. The molecule has 3 aromatic rings. The lowest BCUT2D eigenvalue weighted by molar-refractivity contribution is -0.139. The van der Waals surface area contributed by atoms with Crippen LogP contribution in [-0.2, 0) is 26.2 Å². The van der Waals surface area contributed by atoms with E-state index in [2.05, 4.69) is 5.32 Å². The number of carbonyl (C=O) groups excluding carboxylic acids is 2. The number of amides is 2. The maximum atomic E-state index is 13.9. The molecule has 0 radical (unpaired) electrons. The summed E-state index contributed by atoms with van der Waals surface area (Å²) in [7, 11) is -2.69. The fourth-order valence-corrected chi connectivity index (χ4v) is 5.40. The van der Waals surface area contributed by atoms with Crippen LogP contribution in [0.1, 0.15) is 38.3 Å². The topological polar surface area (TPSA) is 96.0 Å². The van der Waals surface area contributed by atoms with Crippen molar-refractivity contribution in [2.75, 3.05) is 18.0 Å². The summed E-state index contributed by atoms with van der Waals surface area (Å²) in [6.45, 7) is 6.67. The van der Waals surface area contributed by atoms with Crippen LogP contribution in [0, 0.1) is 12.7 Å². The van der Waals surface area contributed by atoms with Crippen LogP contribution >= 0.6 is 0 Å². The Balaban J connectivity index is 2.03. The van der Waals surface area contributed by atoms with Crippen LogP contribution < -0.4 is 14.4 Å². The molecule has 0 saturated heterocycles. The predicted molar refractivity (Wildman–Crippen MR) is 153 cm³/mol. The van der Waals surface area contributed by atoms with E-state index in [-0.39, 0.29) is 29.1 Å². The smallest absolute Gasteiger partial charge is 0.264 e. The molecule has 10 heteroatoms. The third-order valence-corrected chi connectivity index (χ3v) is 8.45. The van der Waals surface area contributed by atoms with Gasteiger partial charge >= 0.3 is 0 Å². The number of carbonyl (C=O) groups is 2. The molecule has 3 rings (SSSR count). The second-order valence-electron chi connectivity index (χ2n) is 9.67. The summed E-state index contributed by atoms with van der Waals surface area (Å²) in [5, 5.41) is 2.89. The van der Waals surface area contributed by atoms with E-state index in [1.807, 2.05) is 20.8 Å². The molecule has 0 heterocycles. The average molecular weight is 570 g/mol. The highest BCUT2D eigenvalue weighted by atomic mass is 32.2. The van der Waals surface area contributed by atoms with Gasteiger partial charge in [-0.15, -0.1) is 0 Å². The van der Waals surface area contributed by atoms with Crippen molar-refractivity contribution in [1.82, 2.24) is 10.2 Å². The monoisotopic (exact) mass is 569 g/mol. The number of anilines is 1. The molecular formula is C30H36FN3O5S. The highest BCUT2D eigenvalue weighted by Gasteiger charge is 2.32. The first-order valence-corrected chi connectivity index (χ1v) is 14.5. The lowest BCUT2D eigenvalue weighted by Gasteiger charge is -2.32. The molecule has 0 unspecified atom stereocenters. The van der Waals surface area contributed by atoms with Gasteiger partial charge in [-0.25, -0.2) is 12.8 Å². The Bertz CT molecular complexity index is 1410. The van der Waals surface area contributed by atoms with Gasteiger partial charge < -0.3 is 15.0 Å². The van der Waals surface area contributed by atoms with Crippen molar-refractivity contribution < 1.29 is 27.1 Å². The summed E-state index contributed by atoms with van der Waals surface area (Å²) in [4.78, 5) is 28.4. The average Bonchev–Trinajstić information content (AvgIpc) is 2.94. The van der Waals surface area contributed by atoms with Crippen LogP contribution in [0.15, 0.2) is 77.7 Å². The van der Waals surface area contributed by atoms with Crippen molar-refractivity contribution >= 4 is 27.5 Å². The second-order valence-corrected chi connectivity index (χ2v) is 11.5. The summed E-state index contributed by atoms with van der Waals surface area (Å²) >= 11 is 0. The van der Waals surface area contributed by atoms with Gasteiger partial charge in [-0.05, 0) is 81.3 Å². The SMILES string of the molecule is CC[C@H](C)NC(=O)[C@@H](C)N(Cc1cccc(OC)c1)C(=O)CN(c1ccc(F)cc1)S(=O)(=O)c1ccc(C)cc1. The molecule has 2 amide bonds. The largest absolute Gasteiger partial charge is 0.497 e. The molecule has 40 heavy (non-hydrogen) atoms. The number of benzene rings is 3. The van der Waals surface area contributed by atoms with Crippen LogP contribution in [0.2, 0.25) is 0 Å². The Morgan fingerprint density at radius 2 is 1.65 bits per heavy atom. The molecule has 8 nitrogen and oxygen atoms in total. The zero-order valence-corrected chi connectivity index (χ0v) is 24.2. The van der Waals surface area contributed by atoms with Crippen molar-refractivity contribution in [1.29, 1.82) is 0 Å². The first kappa shape index (κ1) is 30.6. The molecular weight excluding hydrogens is 533 g/mol. The molecule has 0 bridgehead atoms. The van der Waals surface area contributed by atoms with E-state index < -0.39 is 34.3 Å². The fraction of sp³-hybridized carbons (Fsp3) is 0.333. The van der Waals surface area contributed by atoms with Crippen molar-refractivity contribution in [3.05, 3.63) is 89.7 Å². The summed E-state index contributed by atoms with van der Waals surface area (Å²) in [5.74, 6) is -0.927. The van der Waals surface area contributed by atoms with Gasteiger partial charge in [0.2, 0.25) is 11.8 Å². The van der Waals surface area contributed by atoms with E-state index in [1.54, 1.807) is 43.3 Å². The lowest BCUT2D eigenvalue weighted by Crippen LogP contribution is -2.52. The van der Waals surface area contributed by atoms with Crippen molar-refractivity contribution in [3.8, 4) is 5.75 Å². The van der Waals surface area contributed by atoms with Crippen molar-refractivity contribution in [2.24, 2.45) is 0 Å². The maximum absolute atomic E-state index is 13.9. The predicted octanol–water partition coefficient (Wildman–Crippen LogP) is 4.67. The third kappa shape index (κ3) is 7.59. The van der Waals surface area contributed by atoms with Crippen molar-refractivity contribution in [2.45, 2.75) is 57.6 Å². The molecule has 1 N–H and O–H groups in total. The highest BCUT2D eigenvalue weighted by molar-refractivity contribution is 7.92. The molecule has 2 atom stereocenters. The Labute approximate surface area is 235 Å². The van der Waals surface area contributed by atoms with E-state index in [9.17, 15) is 22.4 Å². The minimum Gasteiger partial charge on any atom is -0.497 e. The molecule has 0 aliphatic carbocycles. The highest BCUT2D eigenvalue weighted by Crippen LogP contribution is 2.25. The van der Waals surface area contributed by atoms with Crippen LogP contribution in [0.25, 0.3) is 0 Å². The molecule has 214 valence electrons. The number of nitrogens with one attached hydrogen (secondary N) is 1. The number of sulfonamides is 1. The Hall–Kier alpha value is -3.92. The van der Waals surface area contributed by atoms with Crippen LogP contribution in [0.4, 0.5) is 10.1 Å². The molecule has 0 spiro atoms. The minimum atomic E-state index is -4.22. The zero-order valence-electron chi connectivity index (χ0n) is 23.4. The minimum absolute atomic E-state index is 0.0165. The van der Waals surface area contributed by atoms with Gasteiger partial charge in [-0.1, -0.05) is 36.8 Å². The van der Waals surface area contributed by atoms with Crippen molar-refractivity contribution in [3.63, 3.8) is 0 Å². The number of halogens is 1. The number of aryl methyl sites for hydroxylation is 1. The van der Waals surface area contributed by atoms with Gasteiger partial charge in [0, 0.05) is 12.6 Å². The van der Waals surface area contributed by atoms with Gasteiger partial charge in [0.15, 0.2) is 0 Å². The molecule has 0 fully saturated rings. The summed E-state index contributed by atoms with van der Waals surface area (Å²) in [6, 6.07) is 17.2. The summed E-state index contributed by atoms with van der Waals surface area (Å²) < 4.78 is 47.6. The molecule has 0 aliphatic rings. The quantitative estimate of drug-likeness (QED) is 0.342. The maximum Gasteiger partial charge on any atom is 0.264 e. The van der Waals surface area contributed by atoms with Crippen LogP contribution in [0.3, 0.4) is 0 Å². The van der Waals surface area contributed by atoms with E-state index in [4.69, 9.17) is 4.74 Å². The Kier molecular flexibility index (Phi) is 10.3. The van der Waals surface area contributed by atoms with Gasteiger partial charge in [0.05, 0.1) is 17.7 Å². The molecule has 0 aliphatic heterocycles. The van der Waals surface area contributed by atoms with E-state index in [0.29, 0.717) is 17.7 Å². The van der Waals surface area contributed by atoms with E-state index in [1.165, 1.54) is 36.3 Å². The Morgan fingerprint density at radius 3 is 2.25 bits per heavy atom. The number of nitrogens with zero attached hydrogens (tertiary/aromatic N) is 2. The number of ether oxygens (including phenoxy) is 1. The van der Waals surface area contributed by atoms with E-state index >= 15 is 0 Å². The number of hydrogen-bond acceptors (Lipinski definition) is 5. The standard InChI is InChI=1S/C30H36FN3O5S/c1-6-22(3)32-30(36)23(4)33(19-24-8-7-9-27(18-24)39-5)29(35)20-34(26-14-12-25(31)13-15-26)40(37,38)28-16-10-21(2)11-17-28/h7-18,22-23H,6,19-20H2,1-5H3,(H,32,36)/t22-,23+/m0/s1. The number of rotatable bonds is 12. The zero-order chi connectivity index (χ0) is 29.4. The van der Waals surface area contributed by atoms with Gasteiger partial charge in [0.1, 0.15) is 24.2 Å². The van der Waals surface area contributed by atoms with E-state index in [0.717, 1.165) is 22.0 Å². The summed E-state index contributed by atoms with van der Waals surface area (Å²) in [5.41, 5.74) is 1.69. The first-order valence-electron chi connectivity index (χ1n) is 13.0. The van der Waals surface area contributed by atoms with Gasteiger partial charge in [-0.2, -0.15) is 0 Å². The Morgan fingerprint density at radius 1 is 1.00 bits per heavy atom. The van der Waals surface area contributed by atoms with Gasteiger partial charge in [-0.3, -0.25) is 13.9 Å². The first-order chi connectivity index (χ1) is 19.0. The molecule has 0 aromatic heterocycles. The molecule has 3 aromatic carbocycles. The fourth-order valence-electron chi connectivity index (χ4n) is 3.99. The summed E-state index contributed by atoms with van der Waals surface area (Å²) in [6.07, 6.45) is 0.704. The number of methoxy groups -OCH3 is 1. The third-order valence-electron chi connectivity index (χ3n) is 6.66. The van der Waals surface area contributed by atoms with Crippen LogP contribution in [-0.4, -0.2) is 50.9 Å². The number of hydrogen-bond donors (Lipinski definition) is 1. The second kappa shape index (κ2) is 13.4. The van der Waals surface area contributed by atoms with Crippen LogP contribution in [0.5, 0.6) is 5.75 Å². The lowest BCUT2D eigenvalue weighted by atomic mass is 10.1. The molecule has 0 saturated carbocycles. The van der Waals surface area contributed by atoms with Gasteiger partial charge in [0.25, 0.3) is 10.0 Å².